The summed E-state index contributed by atoms with van der Waals surface area (Å²) >= 11 is 0. The fourth-order valence-electron chi connectivity index (χ4n) is 1.71. The van der Waals surface area contributed by atoms with Crippen LogP contribution in [0.2, 0.25) is 0 Å². The van der Waals surface area contributed by atoms with Crippen LogP contribution in [0.15, 0.2) is 15.3 Å². The molecule has 0 bridgehead atoms. The second-order valence-electron chi connectivity index (χ2n) is 4.77. The van der Waals surface area contributed by atoms with Gasteiger partial charge in [0.05, 0.1) is 5.56 Å². The van der Waals surface area contributed by atoms with Crippen molar-refractivity contribution < 1.29 is 9.52 Å². The highest BCUT2D eigenvalue weighted by Gasteiger charge is 2.06. The third-order valence-electron chi connectivity index (χ3n) is 3.28. The Labute approximate surface area is 102 Å². The summed E-state index contributed by atoms with van der Waals surface area (Å²) in [5, 5.41) is 9.50. The van der Waals surface area contributed by atoms with Gasteiger partial charge in [-0.05, 0) is 19.3 Å². The van der Waals surface area contributed by atoms with Crippen LogP contribution in [0.25, 0.3) is 0 Å². The summed E-state index contributed by atoms with van der Waals surface area (Å²) in [6.45, 7) is 6.01. The molecule has 0 radical (unpaired) electrons. The van der Waals surface area contributed by atoms with E-state index >= 15 is 0 Å². The normalized spacial score (nSPS) is 12.6. The molecule has 0 aliphatic carbocycles. The Morgan fingerprint density at radius 3 is 2.71 bits per heavy atom. The van der Waals surface area contributed by atoms with Crippen LogP contribution in [-0.4, -0.2) is 5.11 Å². The Morgan fingerprint density at radius 2 is 2.12 bits per heavy atom. The minimum absolute atomic E-state index is 0.0400. The lowest BCUT2D eigenvalue weighted by Gasteiger charge is -2.07. The Bertz CT molecular complexity index is 406. The van der Waals surface area contributed by atoms with E-state index in [2.05, 4.69) is 13.8 Å². The van der Waals surface area contributed by atoms with Gasteiger partial charge in [0, 0.05) is 12.5 Å². The third-order valence-corrected chi connectivity index (χ3v) is 3.28. The van der Waals surface area contributed by atoms with E-state index in [4.69, 9.17) is 4.42 Å². The van der Waals surface area contributed by atoms with E-state index in [0.29, 0.717) is 5.76 Å². The minimum Gasteiger partial charge on any atom is -0.507 e. The van der Waals surface area contributed by atoms with Gasteiger partial charge in [-0.25, -0.2) is 4.79 Å². The van der Waals surface area contributed by atoms with Crippen LogP contribution >= 0.6 is 0 Å². The second kappa shape index (κ2) is 6.48. The van der Waals surface area contributed by atoms with E-state index in [9.17, 15) is 9.90 Å². The molecule has 1 aromatic heterocycles. The zero-order valence-corrected chi connectivity index (χ0v) is 11.0. The van der Waals surface area contributed by atoms with Gasteiger partial charge in [-0.15, -0.1) is 0 Å². The zero-order chi connectivity index (χ0) is 12.8. The molecule has 0 amide bonds. The molecular formula is C14H22O3. The molecule has 1 aromatic rings. The van der Waals surface area contributed by atoms with Crippen LogP contribution in [0, 0.1) is 12.8 Å². The highest BCUT2D eigenvalue weighted by molar-refractivity contribution is 5.28. The minimum atomic E-state index is -0.429. The molecule has 1 atom stereocenters. The van der Waals surface area contributed by atoms with Crippen molar-refractivity contribution in [1.29, 1.82) is 0 Å². The van der Waals surface area contributed by atoms with Gasteiger partial charge in [-0.2, -0.15) is 0 Å². The van der Waals surface area contributed by atoms with Gasteiger partial charge in [0.15, 0.2) is 0 Å². The predicted octanol–water partition coefficient (Wildman–Crippen LogP) is 3.41. The van der Waals surface area contributed by atoms with E-state index < -0.39 is 5.63 Å². The molecule has 3 heteroatoms. The maximum Gasteiger partial charge on any atom is 0.342 e. The first-order valence-electron chi connectivity index (χ1n) is 6.37. The molecule has 96 valence electrons. The predicted molar refractivity (Wildman–Crippen MR) is 68.4 cm³/mol. The van der Waals surface area contributed by atoms with Gasteiger partial charge in [0.25, 0.3) is 0 Å². The quantitative estimate of drug-likeness (QED) is 0.773. The average molecular weight is 238 g/mol. The topological polar surface area (TPSA) is 50.4 Å². The maximum atomic E-state index is 11.3. The molecule has 0 saturated heterocycles. The van der Waals surface area contributed by atoms with Gasteiger partial charge in [-0.1, -0.05) is 33.1 Å². The van der Waals surface area contributed by atoms with Crippen molar-refractivity contribution in [3.8, 4) is 5.75 Å². The molecule has 1 rings (SSSR count). The molecule has 0 fully saturated rings. The number of unbranched alkanes of at least 4 members (excludes halogenated alkanes) is 1. The number of hydrogen-bond acceptors (Lipinski definition) is 3. The maximum absolute atomic E-state index is 11.3. The SMILES string of the molecule is CCC(C)CCCCc1cc(O)c(C)c(=O)o1. The summed E-state index contributed by atoms with van der Waals surface area (Å²) < 4.78 is 5.11. The van der Waals surface area contributed by atoms with Crippen molar-refractivity contribution in [3.05, 3.63) is 27.8 Å². The fraction of sp³-hybridized carbons (Fsp3) is 0.643. The molecule has 0 aliphatic rings. The third kappa shape index (κ3) is 4.25. The highest BCUT2D eigenvalue weighted by atomic mass is 16.4. The molecular weight excluding hydrogens is 216 g/mol. The standard InChI is InChI=1S/C14H22O3/c1-4-10(2)7-5-6-8-12-9-13(15)11(3)14(16)17-12/h9-10,15H,4-8H2,1-3H3. The van der Waals surface area contributed by atoms with Gasteiger partial charge in [0.2, 0.25) is 0 Å². The molecule has 1 heterocycles. The van der Waals surface area contributed by atoms with Crippen molar-refractivity contribution in [2.45, 2.75) is 52.9 Å². The Hall–Kier alpha value is -1.25. The summed E-state index contributed by atoms with van der Waals surface area (Å²) in [5.74, 6) is 1.38. The van der Waals surface area contributed by atoms with E-state index in [1.807, 2.05) is 0 Å². The monoisotopic (exact) mass is 238 g/mol. The number of rotatable bonds is 6. The highest BCUT2D eigenvalue weighted by Crippen LogP contribution is 2.17. The first-order valence-corrected chi connectivity index (χ1v) is 6.37. The summed E-state index contributed by atoms with van der Waals surface area (Å²) in [4.78, 5) is 11.3. The molecule has 1 unspecified atom stereocenters. The second-order valence-corrected chi connectivity index (χ2v) is 4.77. The first-order chi connectivity index (χ1) is 8.04. The summed E-state index contributed by atoms with van der Waals surface area (Å²) in [5.41, 5.74) is -0.143. The van der Waals surface area contributed by atoms with Crippen LogP contribution < -0.4 is 5.63 Å². The van der Waals surface area contributed by atoms with Crippen molar-refractivity contribution in [2.24, 2.45) is 5.92 Å². The van der Waals surface area contributed by atoms with Crippen molar-refractivity contribution >= 4 is 0 Å². The van der Waals surface area contributed by atoms with E-state index in [1.54, 1.807) is 13.0 Å². The van der Waals surface area contributed by atoms with Crippen molar-refractivity contribution in [2.75, 3.05) is 0 Å². The lowest BCUT2D eigenvalue weighted by molar-refractivity contribution is 0.407. The van der Waals surface area contributed by atoms with Gasteiger partial charge >= 0.3 is 5.63 Å². The summed E-state index contributed by atoms with van der Waals surface area (Å²) in [7, 11) is 0. The van der Waals surface area contributed by atoms with Crippen LogP contribution in [0.4, 0.5) is 0 Å². The Balaban J connectivity index is 2.45. The molecule has 17 heavy (non-hydrogen) atoms. The van der Waals surface area contributed by atoms with Crippen molar-refractivity contribution in [3.63, 3.8) is 0 Å². The molecule has 0 spiro atoms. The van der Waals surface area contributed by atoms with Gasteiger partial charge in [-0.3, -0.25) is 0 Å². The molecule has 3 nitrogen and oxygen atoms in total. The van der Waals surface area contributed by atoms with Gasteiger partial charge in [0.1, 0.15) is 11.5 Å². The average Bonchev–Trinajstić information content (AvgIpc) is 2.31. The van der Waals surface area contributed by atoms with E-state index in [0.717, 1.165) is 25.2 Å². The van der Waals surface area contributed by atoms with Crippen LogP contribution in [0.3, 0.4) is 0 Å². The van der Waals surface area contributed by atoms with Crippen LogP contribution in [-0.2, 0) is 6.42 Å². The smallest absolute Gasteiger partial charge is 0.342 e. The summed E-state index contributed by atoms with van der Waals surface area (Å²) in [6, 6.07) is 1.56. The Morgan fingerprint density at radius 1 is 1.41 bits per heavy atom. The number of aryl methyl sites for hydroxylation is 1. The zero-order valence-electron chi connectivity index (χ0n) is 11.0. The van der Waals surface area contributed by atoms with Gasteiger partial charge < -0.3 is 9.52 Å². The van der Waals surface area contributed by atoms with Crippen LogP contribution in [0.5, 0.6) is 5.75 Å². The number of aromatic hydroxyl groups is 1. The molecule has 0 aromatic carbocycles. The molecule has 0 saturated carbocycles. The largest absolute Gasteiger partial charge is 0.507 e. The first kappa shape index (κ1) is 13.8. The van der Waals surface area contributed by atoms with Crippen molar-refractivity contribution in [1.82, 2.24) is 0 Å². The Kier molecular flexibility index (Phi) is 5.26. The fourth-order valence-corrected chi connectivity index (χ4v) is 1.71. The van der Waals surface area contributed by atoms with Crippen LogP contribution in [0.1, 0.15) is 50.9 Å². The van der Waals surface area contributed by atoms with E-state index in [-0.39, 0.29) is 11.3 Å². The lowest BCUT2D eigenvalue weighted by atomic mass is 10.0. The lowest BCUT2D eigenvalue weighted by Crippen LogP contribution is -2.05. The molecule has 0 aliphatic heterocycles. The summed E-state index contributed by atoms with van der Waals surface area (Å²) in [6.07, 6.45) is 5.27. The van der Waals surface area contributed by atoms with E-state index in [1.165, 1.54) is 12.8 Å². The molecule has 1 N–H and O–H groups in total. The number of hydrogen-bond donors (Lipinski definition) is 1.